The Labute approximate surface area is 104 Å². The van der Waals surface area contributed by atoms with Crippen LogP contribution in [0.15, 0.2) is 17.8 Å². The van der Waals surface area contributed by atoms with Crippen LogP contribution in [0.3, 0.4) is 0 Å². The molecule has 0 fully saturated rings. The molecule has 0 bridgehead atoms. The molecule has 0 saturated heterocycles. The summed E-state index contributed by atoms with van der Waals surface area (Å²) in [5, 5.41) is 3.10. The van der Waals surface area contributed by atoms with Gasteiger partial charge >= 0.3 is 0 Å². The van der Waals surface area contributed by atoms with E-state index in [2.05, 4.69) is 28.4 Å². The number of thiazole rings is 1. The van der Waals surface area contributed by atoms with Gasteiger partial charge in [0.25, 0.3) is 0 Å². The van der Waals surface area contributed by atoms with Gasteiger partial charge in [0.05, 0.1) is 17.6 Å². The summed E-state index contributed by atoms with van der Waals surface area (Å²) in [5.41, 5.74) is 0.951. The highest BCUT2D eigenvalue weighted by Gasteiger charge is 2.14. The van der Waals surface area contributed by atoms with Gasteiger partial charge in [-0.1, -0.05) is 6.92 Å². The van der Waals surface area contributed by atoms with Crippen LogP contribution in [0.1, 0.15) is 36.4 Å². The Kier molecular flexibility index (Phi) is 3.61. The number of hydrogen-bond acceptors (Lipinski definition) is 3. The molecule has 0 aliphatic carbocycles. The molecule has 1 atom stereocenters. The average molecular weight is 256 g/mol. The highest BCUT2D eigenvalue weighted by atomic mass is 35.5. The molecule has 86 valence electrons. The number of alkyl halides is 1. The average Bonchev–Trinajstić information content (AvgIpc) is 2.96. The van der Waals surface area contributed by atoms with E-state index in [0.717, 1.165) is 22.9 Å². The normalized spacial score (nSPS) is 12.9. The van der Waals surface area contributed by atoms with Crippen LogP contribution in [0.25, 0.3) is 0 Å². The van der Waals surface area contributed by atoms with Crippen LogP contribution in [0.2, 0.25) is 0 Å². The molecule has 3 nitrogen and oxygen atoms in total. The Morgan fingerprint density at radius 3 is 3.00 bits per heavy atom. The van der Waals surface area contributed by atoms with Crippen molar-refractivity contribution in [1.82, 2.24) is 14.5 Å². The molecule has 0 aromatic carbocycles. The van der Waals surface area contributed by atoms with Gasteiger partial charge in [0.1, 0.15) is 10.8 Å². The number of halogens is 1. The lowest BCUT2D eigenvalue weighted by Crippen LogP contribution is -2.09. The standard InChI is InChI=1S/C11H14ClN3S/c1-3-10-13-4-5-15(10)8(2)11-14-9(6-12)7-16-11/h4-5,7-8H,3,6H2,1-2H3. The summed E-state index contributed by atoms with van der Waals surface area (Å²) in [7, 11) is 0. The Balaban J connectivity index is 2.27. The van der Waals surface area contributed by atoms with Gasteiger partial charge < -0.3 is 4.57 Å². The SMILES string of the molecule is CCc1nccn1C(C)c1nc(CCl)cs1. The molecule has 2 aromatic heterocycles. The third-order valence-corrected chi connectivity index (χ3v) is 3.88. The zero-order valence-electron chi connectivity index (χ0n) is 9.35. The van der Waals surface area contributed by atoms with Crippen molar-refractivity contribution in [3.05, 3.63) is 34.3 Å². The van der Waals surface area contributed by atoms with Gasteiger partial charge in [-0.15, -0.1) is 22.9 Å². The number of aromatic nitrogens is 3. The predicted molar refractivity (Wildman–Crippen MR) is 67.1 cm³/mol. The molecule has 5 heteroatoms. The second-order valence-corrected chi connectivity index (χ2v) is 4.75. The number of rotatable bonds is 4. The van der Waals surface area contributed by atoms with E-state index >= 15 is 0 Å². The summed E-state index contributed by atoms with van der Waals surface area (Å²) in [4.78, 5) is 8.82. The summed E-state index contributed by atoms with van der Waals surface area (Å²) in [5.74, 6) is 1.57. The minimum absolute atomic E-state index is 0.236. The molecule has 0 N–H and O–H groups in total. The Bertz CT molecular complexity index is 463. The summed E-state index contributed by atoms with van der Waals surface area (Å²) < 4.78 is 2.16. The molecular formula is C11H14ClN3S. The van der Waals surface area contributed by atoms with Crippen LogP contribution < -0.4 is 0 Å². The van der Waals surface area contributed by atoms with Crippen LogP contribution in [-0.4, -0.2) is 14.5 Å². The Hall–Kier alpha value is -0.870. The van der Waals surface area contributed by atoms with E-state index in [1.807, 2.05) is 17.8 Å². The van der Waals surface area contributed by atoms with Crippen molar-refractivity contribution >= 4 is 22.9 Å². The molecule has 16 heavy (non-hydrogen) atoms. The van der Waals surface area contributed by atoms with E-state index in [9.17, 15) is 0 Å². The minimum atomic E-state index is 0.236. The highest BCUT2D eigenvalue weighted by molar-refractivity contribution is 7.09. The van der Waals surface area contributed by atoms with Crippen molar-refractivity contribution in [2.75, 3.05) is 0 Å². The van der Waals surface area contributed by atoms with Crippen LogP contribution in [0, 0.1) is 0 Å². The van der Waals surface area contributed by atoms with E-state index in [4.69, 9.17) is 11.6 Å². The van der Waals surface area contributed by atoms with Crippen LogP contribution in [0.5, 0.6) is 0 Å². The maximum absolute atomic E-state index is 5.75. The first kappa shape index (κ1) is 11.6. The molecule has 2 aromatic rings. The van der Waals surface area contributed by atoms with E-state index in [0.29, 0.717) is 5.88 Å². The van der Waals surface area contributed by atoms with Gasteiger partial charge in [-0.2, -0.15) is 0 Å². The highest BCUT2D eigenvalue weighted by Crippen LogP contribution is 2.23. The molecule has 0 spiro atoms. The number of nitrogens with zero attached hydrogens (tertiary/aromatic N) is 3. The van der Waals surface area contributed by atoms with E-state index in [-0.39, 0.29) is 6.04 Å². The third-order valence-electron chi connectivity index (χ3n) is 2.55. The number of imidazole rings is 1. The van der Waals surface area contributed by atoms with Crippen molar-refractivity contribution in [2.45, 2.75) is 32.2 Å². The topological polar surface area (TPSA) is 30.7 Å². The third kappa shape index (κ3) is 2.13. The zero-order valence-corrected chi connectivity index (χ0v) is 10.9. The van der Waals surface area contributed by atoms with E-state index < -0.39 is 0 Å². The zero-order chi connectivity index (χ0) is 11.5. The largest absolute Gasteiger partial charge is 0.325 e. The van der Waals surface area contributed by atoms with Crippen molar-refractivity contribution in [3.8, 4) is 0 Å². The summed E-state index contributed by atoms with van der Waals surface area (Å²) in [6, 6.07) is 0.236. The smallest absolute Gasteiger partial charge is 0.116 e. The van der Waals surface area contributed by atoms with Gasteiger partial charge in [0, 0.05) is 24.2 Å². The quantitative estimate of drug-likeness (QED) is 0.786. The maximum Gasteiger partial charge on any atom is 0.116 e. The summed E-state index contributed by atoms with van der Waals surface area (Å²) in [6.07, 6.45) is 4.78. The summed E-state index contributed by atoms with van der Waals surface area (Å²) >= 11 is 7.41. The fraction of sp³-hybridized carbons (Fsp3) is 0.455. The molecular weight excluding hydrogens is 242 g/mol. The Morgan fingerprint density at radius 1 is 1.56 bits per heavy atom. The fourth-order valence-electron chi connectivity index (χ4n) is 1.67. The monoisotopic (exact) mass is 255 g/mol. The number of aryl methyl sites for hydroxylation is 1. The first-order chi connectivity index (χ1) is 7.76. The molecule has 0 aliphatic heterocycles. The minimum Gasteiger partial charge on any atom is -0.325 e. The van der Waals surface area contributed by atoms with Crippen LogP contribution in [0.4, 0.5) is 0 Å². The van der Waals surface area contributed by atoms with Gasteiger partial charge in [-0.25, -0.2) is 9.97 Å². The van der Waals surface area contributed by atoms with Gasteiger partial charge in [0.2, 0.25) is 0 Å². The van der Waals surface area contributed by atoms with Crippen molar-refractivity contribution < 1.29 is 0 Å². The lowest BCUT2D eigenvalue weighted by Gasteiger charge is -2.12. The van der Waals surface area contributed by atoms with E-state index in [1.54, 1.807) is 11.3 Å². The molecule has 0 amide bonds. The molecule has 1 unspecified atom stereocenters. The fourth-order valence-corrected chi connectivity index (χ4v) is 2.77. The second kappa shape index (κ2) is 4.97. The van der Waals surface area contributed by atoms with Crippen molar-refractivity contribution in [2.24, 2.45) is 0 Å². The molecule has 0 radical (unpaired) electrons. The summed E-state index contributed by atoms with van der Waals surface area (Å²) in [6.45, 7) is 4.25. The van der Waals surface area contributed by atoms with Crippen molar-refractivity contribution in [1.29, 1.82) is 0 Å². The first-order valence-corrected chi connectivity index (χ1v) is 6.69. The second-order valence-electron chi connectivity index (χ2n) is 3.59. The number of hydrogen-bond donors (Lipinski definition) is 0. The van der Waals surface area contributed by atoms with E-state index in [1.165, 1.54) is 0 Å². The van der Waals surface area contributed by atoms with Gasteiger partial charge in [-0.3, -0.25) is 0 Å². The lowest BCUT2D eigenvalue weighted by atomic mass is 10.3. The predicted octanol–water partition coefficient (Wildman–Crippen LogP) is 3.25. The van der Waals surface area contributed by atoms with Gasteiger partial charge in [0.15, 0.2) is 0 Å². The lowest BCUT2D eigenvalue weighted by molar-refractivity contribution is 0.601. The van der Waals surface area contributed by atoms with Crippen LogP contribution >= 0.6 is 22.9 Å². The molecule has 0 aliphatic rings. The van der Waals surface area contributed by atoms with Crippen molar-refractivity contribution in [3.63, 3.8) is 0 Å². The Morgan fingerprint density at radius 2 is 2.38 bits per heavy atom. The first-order valence-electron chi connectivity index (χ1n) is 5.28. The molecule has 2 rings (SSSR count). The maximum atomic E-state index is 5.75. The van der Waals surface area contributed by atoms with Crippen LogP contribution in [-0.2, 0) is 12.3 Å². The molecule has 0 saturated carbocycles. The van der Waals surface area contributed by atoms with Gasteiger partial charge in [-0.05, 0) is 6.92 Å². The molecule has 2 heterocycles.